The van der Waals surface area contributed by atoms with Crippen LogP contribution in [0.25, 0.3) is 0 Å². The molecule has 86 valence electrons. The maximum Gasteiger partial charge on any atom is 0.284 e. The number of hydrogen-bond acceptors (Lipinski definition) is 2. The third kappa shape index (κ3) is 3.66. The van der Waals surface area contributed by atoms with E-state index in [9.17, 15) is 0 Å². The van der Waals surface area contributed by atoms with Gasteiger partial charge in [-0.1, -0.05) is 25.5 Å². The molecule has 4 nitrogen and oxygen atoms in total. The second-order valence-corrected chi connectivity index (χ2v) is 4.54. The second kappa shape index (κ2) is 5.30. The molecular formula is C11H24N4+2. The number of rotatable bonds is 3. The zero-order valence-electron chi connectivity index (χ0n) is 10.0. The van der Waals surface area contributed by atoms with Crippen molar-refractivity contribution < 1.29 is 11.5 Å². The van der Waals surface area contributed by atoms with Gasteiger partial charge in [-0.05, 0) is 30.8 Å². The summed E-state index contributed by atoms with van der Waals surface area (Å²) in [6, 6.07) is 0. The van der Waals surface area contributed by atoms with Gasteiger partial charge in [0.15, 0.2) is 0 Å². The first-order valence-corrected chi connectivity index (χ1v) is 5.55. The van der Waals surface area contributed by atoms with Crippen molar-refractivity contribution >= 4 is 0 Å². The van der Waals surface area contributed by atoms with Crippen LogP contribution in [0.3, 0.4) is 0 Å². The minimum Gasteiger partial charge on any atom is -0.319 e. The van der Waals surface area contributed by atoms with Crippen LogP contribution in [-0.4, -0.2) is 6.29 Å². The van der Waals surface area contributed by atoms with Gasteiger partial charge in [-0.3, -0.25) is 11.5 Å². The highest BCUT2D eigenvalue weighted by Gasteiger charge is 2.19. The summed E-state index contributed by atoms with van der Waals surface area (Å²) in [5.74, 6) is 1.14. The first-order valence-electron chi connectivity index (χ1n) is 5.55. The Labute approximate surface area is 91.8 Å². The molecule has 0 saturated heterocycles. The van der Waals surface area contributed by atoms with E-state index in [1.54, 1.807) is 0 Å². The fraction of sp³-hybridized carbons (Fsp3) is 0.636. The van der Waals surface area contributed by atoms with Gasteiger partial charge < -0.3 is 5.43 Å². The molecule has 2 atom stereocenters. The van der Waals surface area contributed by atoms with Crippen LogP contribution in [0.5, 0.6) is 0 Å². The number of quaternary nitrogens is 2. The Bertz CT molecular complexity index is 268. The van der Waals surface area contributed by atoms with Crippen molar-refractivity contribution in [3.05, 3.63) is 23.4 Å². The van der Waals surface area contributed by atoms with Crippen LogP contribution in [0.1, 0.15) is 27.2 Å². The van der Waals surface area contributed by atoms with Gasteiger partial charge in [0.1, 0.15) is 0 Å². The van der Waals surface area contributed by atoms with E-state index in [-0.39, 0.29) is 6.29 Å². The summed E-state index contributed by atoms with van der Waals surface area (Å²) in [5.41, 5.74) is 16.5. The smallest absolute Gasteiger partial charge is 0.284 e. The molecule has 8 N–H and O–H groups in total. The third-order valence-corrected chi connectivity index (χ3v) is 2.78. The molecule has 1 aliphatic rings. The topological polar surface area (TPSA) is 79.3 Å². The molecule has 0 fully saturated rings. The number of allylic oxidation sites excluding steroid dienone is 3. The van der Waals surface area contributed by atoms with E-state index in [1.165, 1.54) is 11.1 Å². The SMILES string of the molecule is CC1=CC(C)C(=CNNC([NH3+])[NH3+])C(C)C1. The van der Waals surface area contributed by atoms with Crippen LogP contribution < -0.4 is 22.3 Å². The standard InChI is InChI=1S/C11H22N4/c1-7-4-8(2)10(9(3)5-7)6-14-15-11(12)13/h4,6,8-9,11,14-15H,5,12-13H2,1-3H3/p+2. The molecule has 0 aromatic heterocycles. The van der Waals surface area contributed by atoms with Gasteiger partial charge in [-0.2, -0.15) is 0 Å². The second-order valence-electron chi connectivity index (χ2n) is 4.54. The lowest BCUT2D eigenvalue weighted by Crippen LogP contribution is -2.90. The molecule has 0 aromatic carbocycles. The maximum absolute atomic E-state index is 3.75. The van der Waals surface area contributed by atoms with Gasteiger partial charge in [0.25, 0.3) is 6.29 Å². The molecule has 15 heavy (non-hydrogen) atoms. The van der Waals surface area contributed by atoms with Crippen molar-refractivity contribution in [1.29, 1.82) is 0 Å². The van der Waals surface area contributed by atoms with Crippen LogP contribution in [-0.2, 0) is 0 Å². The number of hydrogen-bond donors (Lipinski definition) is 4. The molecule has 0 aromatic rings. The minimum absolute atomic E-state index is 0.0340. The minimum atomic E-state index is -0.0340. The average Bonchev–Trinajstić information content (AvgIpc) is 2.08. The molecule has 1 rings (SSSR count). The Kier molecular flexibility index (Phi) is 4.32. The van der Waals surface area contributed by atoms with E-state index in [0.29, 0.717) is 11.8 Å². The van der Waals surface area contributed by atoms with Crippen LogP contribution in [0, 0.1) is 11.8 Å². The van der Waals surface area contributed by atoms with E-state index in [1.807, 2.05) is 0 Å². The van der Waals surface area contributed by atoms with Crippen LogP contribution >= 0.6 is 0 Å². The van der Waals surface area contributed by atoms with E-state index >= 15 is 0 Å². The molecular weight excluding hydrogens is 188 g/mol. The fourth-order valence-corrected chi connectivity index (χ4v) is 2.16. The Morgan fingerprint density at radius 3 is 2.67 bits per heavy atom. The van der Waals surface area contributed by atoms with Crippen molar-refractivity contribution in [2.45, 2.75) is 33.5 Å². The fourth-order valence-electron chi connectivity index (χ4n) is 2.16. The van der Waals surface area contributed by atoms with Crippen molar-refractivity contribution in [1.82, 2.24) is 10.9 Å². The molecule has 0 amide bonds. The van der Waals surface area contributed by atoms with Crippen molar-refractivity contribution in [2.24, 2.45) is 11.8 Å². The van der Waals surface area contributed by atoms with Gasteiger partial charge in [0, 0.05) is 6.20 Å². The lowest BCUT2D eigenvalue weighted by molar-refractivity contribution is -0.667. The summed E-state index contributed by atoms with van der Waals surface area (Å²) in [6.45, 7) is 6.71. The predicted molar refractivity (Wildman–Crippen MR) is 60.6 cm³/mol. The number of hydrazine groups is 1. The highest BCUT2D eigenvalue weighted by Crippen LogP contribution is 2.31. The Morgan fingerprint density at radius 1 is 1.47 bits per heavy atom. The predicted octanol–water partition coefficient (Wildman–Crippen LogP) is -0.646. The molecule has 0 spiro atoms. The lowest BCUT2D eigenvalue weighted by atomic mass is 9.80. The van der Waals surface area contributed by atoms with Crippen LogP contribution in [0.15, 0.2) is 23.4 Å². The van der Waals surface area contributed by atoms with Crippen molar-refractivity contribution in [3.63, 3.8) is 0 Å². The summed E-state index contributed by atoms with van der Waals surface area (Å²) < 4.78 is 0. The molecule has 4 heteroatoms. The quantitative estimate of drug-likeness (QED) is 0.285. The lowest BCUT2D eigenvalue weighted by Gasteiger charge is -2.26. The Morgan fingerprint density at radius 2 is 2.13 bits per heavy atom. The molecule has 0 bridgehead atoms. The maximum atomic E-state index is 3.75. The zero-order chi connectivity index (χ0) is 11.4. The normalized spacial score (nSPS) is 29.5. The van der Waals surface area contributed by atoms with Crippen LogP contribution in [0.2, 0.25) is 0 Å². The largest absolute Gasteiger partial charge is 0.319 e. The van der Waals surface area contributed by atoms with Gasteiger partial charge in [-0.15, -0.1) is 5.43 Å². The van der Waals surface area contributed by atoms with Crippen LogP contribution in [0.4, 0.5) is 0 Å². The first kappa shape index (κ1) is 12.2. The summed E-state index contributed by atoms with van der Waals surface area (Å²) in [5, 5.41) is 0. The highest BCUT2D eigenvalue weighted by atomic mass is 15.4. The van der Waals surface area contributed by atoms with E-state index in [4.69, 9.17) is 0 Å². The highest BCUT2D eigenvalue weighted by molar-refractivity contribution is 5.23. The summed E-state index contributed by atoms with van der Waals surface area (Å²) in [4.78, 5) is 0. The first-order chi connectivity index (χ1) is 7.00. The Hall–Kier alpha value is -0.840. The summed E-state index contributed by atoms with van der Waals surface area (Å²) in [7, 11) is 0. The molecule has 0 saturated carbocycles. The van der Waals surface area contributed by atoms with E-state index < -0.39 is 0 Å². The Balaban J connectivity index is 2.60. The summed E-state index contributed by atoms with van der Waals surface area (Å²) in [6.07, 6.45) is 5.52. The van der Waals surface area contributed by atoms with Gasteiger partial charge >= 0.3 is 0 Å². The number of nitrogens with one attached hydrogen (secondary N) is 2. The van der Waals surface area contributed by atoms with Crippen molar-refractivity contribution in [3.8, 4) is 0 Å². The average molecular weight is 212 g/mol. The van der Waals surface area contributed by atoms with Gasteiger partial charge in [0.2, 0.25) is 0 Å². The molecule has 0 heterocycles. The van der Waals surface area contributed by atoms with Gasteiger partial charge in [-0.25, -0.2) is 0 Å². The molecule has 2 unspecified atom stereocenters. The zero-order valence-corrected chi connectivity index (χ0v) is 10.0. The third-order valence-electron chi connectivity index (χ3n) is 2.78. The molecule has 0 aliphatic heterocycles. The molecule has 1 aliphatic carbocycles. The van der Waals surface area contributed by atoms with E-state index in [0.717, 1.165) is 6.42 Å². The molecule has 0 radical (unpaired) electrons. The van der Waals surface area contributed by atoms with Gasteiger partial charge in [0.05, 0.1) is 0 Å². The van der Waals surface area contributed by atoms with Crippen molar-refractivity contribution in [2.75, 3.05) is 0 Å². The summed E-state index contributed by atoms with van der Waals surface area (Å²) >= 11 is 0. The monoisotopic (exact) mass is 212 g/mol. The van der Waals surface area contributed by atoms with E-state index in [2.05, 4.69) is 55.4 Å².